The van der Waals surface area contributed by atoms with Crippen molar-refractivity contribution < 1.29 is 24.5 Å². The monoisotopic (exact) mass is 882 g/mol. The topological polar surface area (TPSA) is 95.9 Å². The minimum atomic E-state index is -0.804. The molecule has 3 atom stereocenters. The number of aliphatic hydroxyl groups is 2. The minimum Gasteiger partial charge on any atom is -0.462 e. The minimum absolute atomic E-state index is 0.0396. The van der Waals surface area contributed by atoms with Gasteiger partial charge in [0, 0.05) is 6.42 Å². The van der Waals surface area contributed by atoms with Gasteiger partial charge in [-0.05, 0) is 83.5 Å². The molecule has 3 N–H and O–H groups in total. The molecule has 0 spiro atoms. The van der Waals surface area contributed by atoms with E-state index in [0.29, 0.717) is 19.3 Å². The van der Waals surface area contributed by atoms with Crippen LogP contribution in [0, 0.1) is 0 Å². The summed E-state index contributed by atoms with van der Waals surface area (Å²) in [5.74, 6) is -0.573. The van der Waals surface area contributed by atoms with E-state index >= 15 is 0 Å². The Hall–Kier alpha value is -2.44. The SMILES string of the molecule is CCCCC/C=C\C/C=C\C/C=C\CCCCCCC(CC(=O)NC(CO)C(O)CCCCCCCCCCCCCCCC)OC(=O)CC/C=C/C/C=C\CCCCCCCC. The third kappa shape index (κ3) is 45.9. The lowest BCUT2D eigenvalue weighted by Gasteiger charge is -2.24. The van der Waals surface area contributed by atoms with E-state index in [4.69, 9.17) is 4.74 Å². The van der Waals surface area contributed by atoms with Gasteiger partial charge in [0.2, 0.25) is 5.91 Å². The molecule has 6 heteroatoms. The van der Waals surface area contributed by atoms with E-state index in [0.717, 1.165) is 77.0 Å². The number of aliphatic hydroxyl groups excluding tert-OH is 2. The van der Waals surface area contributed by atoms with Gasteiger partial charge in [-0.1, -0.05) is 229 Å². The van der Waals surface area contributed by atoms with Gasteiger partial charge in [0.25, 0.3) is 0 Å². The number of amides is 1. The van der Waals surface area contributed by atoms with Crippen molar-refractivity contribution in [1.82, 2.24) is 5.32 Å². The van der Waals surface area contributed by atoms with E-state index in [9.17, 15) is 19.8 Å². The van der Waals surface area contributed by atoms with Gasteiger partial charge in [-0.3, -0.25) is 9.59 Å². The highest BCUT2D eigenvalue weighted by Crippen LogP contribution is 2.17. The second-order valence-electron chi connectivity index (χ2n) is 18.3. The summed E-state index contributed by atoms with van der Waals surface area (Å²) >= 11 is 0. The quantitative estimate of drug-likeness (QED) is 0.0321. The Morgan fingerprint density at radius 3 is 1.25 bits per heavy atom. The fourth-order valence-corrected chi connectivity index (χ4v) is 7.96. The van der Waals surface area contributed by atoms with Crippen LogP contribution in [0.1, 0.15) is 265 Å². The fourth-order valence-electron chi connectivity index (χ4n) is 7.96. The highest BCUT2D eigenvalue weighted by molar-refractivity contribution is 5.77. The maximum Gasteiger partial charge on any atom is 0.306 e. The summed E-state index contributed by atoms with van der Waals surface area (Å²) < 4.78 is 5.90. The average molecular weight is 882 g/mol. The third-order valence-electron chi connectivity index (χ3n) is 12.1. The summed E-state index contributed by atoms with van der Waals surface area (Å²) in [5, 5.41) is 23.8. The molecule has 0 saturated carbocycles. The van der Waals surface area contributed by atoms with Crippen molar-refractivity contribution in [3.05, 3.63) is 60.8 Å². The molecule has 0 rings (SSSR count). The number of ether oxygens (including phenoxy) is 1. The van der Waals surface area contributed by atoms with Crippen LogP contribution in [0.2, 0.25) is 0 Å². The smallest absolute Gasteiger partial charge is 0.306 e. The lowest BCUT2D eigenvalue weighted by atomic mass is 10.0. The van der Waals surface area contributed by atoms with Crippen LogP contribution in [-0.2, 0) is 14.3 Å². The Morgan fingerprint density at radius 2 is 0.810 bits per heavy atom. The Morgan fingerprint density at radius 1 is 0.460 bits per heavy atom. The van der Waals surface area contributed by atoms with Crippen molar-refractivity contribution in [2.24, 2.45) is 0 Å². The van der Waals surface area contributed by atoms with Crippen LogP contribution in [0.3, 0.4) is 0 Å². The van der Waals surface area contributed by atoms with Crippen molar-refractivity contribution >= 4 is 11.9 Å². The molecule has 0 bridgehead atoms. The lowest BCUT2D eigenvalue weighted by molar-refractivity contribution is -0.150. The Kier molecular flexibility index (Phi) is 48.6. The molecule has 0 fully saturated rings. The molecular weight excluding hydrogens is 779 g/mol. The van der Waals surface area contributed by atoms with Crippen LogP contribution in [0.5, 0.6) is 0 Å². The molecule has 1 amide bonds. The number of rotatable bonds is 48. The first-order valence-electron chi connectivity index (χ1n) is 27.0. The van der Waals surface area contributed by atoms with Gasteiger partial charge in [-0.15, -0.1) is 0 Å². The van der Waals surface area contributed by atoms with Crippen molar-refractivity contribution in [1.29, 1.82) is 0 Å². The summed E-state index contributed by atoms with van der Waals surface area (Å²) in [6.07, 6.45) is 62.9. The molecule has 0 aliphatic heterocycles. The second-order valence-corrected chi connectivity index (χ2v) is 18.3. The first-order chi connectivity index (χ1) is 31.0. The van der Waals surface area contributed by atoms with Crippen LogP contribution >= 0.6 is 0 Å². The standard InChI is InChI=1S/C57H103NO5/c1-4-7-10-13-16-19-22-25-27-28-29-31-33-36-39-42-45-48-53(63-57(62)50-47-44-41-38-35-30-24-21-18-15-12-9-6-3)51-56(61)58-54(52-59)55(60)49-46-43-40-37-34-32-26-23-20-17-14-11-8-5-2/h16,19,25,27,29-31,35,41,44,53-55,59-60H,4-15,17-18,20-24,26,28,32-34,36-40,42-43,45-52H2,1-3H3,(H,58,61)/b19-16-,27-25-,31-29-,35-30-,44-41+. The van der Waals surface area contributed by atoms with Crippen molar-refractivity contribution in [3.63, 3.8) is 0 Å². The summed E-state index contributed by atoms with van der Waals surface area (Å²) in [5.41, 5.74) is 0. The maximum absolute atomic E-state index is 13.2. The van der Waals surface area contributed by atoms with Crippen molar-refractivity contribution in [3.8, 4) is 0 Å². The van der Waals surface area contributed by atoms with Crippen LogP contribution in [0.4, 0.5) is 0 Å². The molecule has 6 nitrogen and oxygen atoms in total. The molecule has 0 saturated heterocycles. The largest absolute Gasteiger partial charge is 0.462 e. The zero-order valence-corrected chi connectivity index (χ0v) is 41.7. The zero-order valence-electron chi connectivity index (χ0n) is 41.7. The predicted molar refractivity (Wildman–Crippen MR) is 273 cm³/mol. The number of nitrogens with one attached hydrogen (secondary N) is 1. The molecule has 3 unspecified atom stereocenters. The number of hydrogen-bond donors (Lipinski definition) is 3. The fraction of sp³-hybridized carbons (Fsp3) is 0.789. The summed E-state index contributed by atoms with van der Waals surface area (Å²) in [6.45, 7) is 6.44. The van der Waals surface area contributed by atoms with Crippen molar-refractivity contribution in [2.75, 3.05) is 6.61 Å². The highest BCUT2D eigenvalue weighted by Gasteiger charge is 2.24. The number of unbranched alkanes of at least 4 members (excludes halogenated alkanes) is 26. The second kappa shape index (κ2) is 50.6. The number of esters is 1. The van der Waals surface area contributed by atoms with E-state index in [1.165, 1.54) is 135 Å². The number of hydrogen-bond acceptors (Lipinski definition) is 5. The Balaban J connectivity index is 4.68. The summed E-state index contributed by atoms with van der Waals surface area (Å²) in [7, 11) is 0. The predicted octanol–water partition coefficient (Wildman–Crippen LogP) is 16.4. The number of allylic oxidation sites excluding steroid dienone is 10. The first-order valence-corrected chi connectivity index (χ1v) is 27.0. The molecule has 0 heterocycles. The highest BCUT2D eigenvalue weighted by atomic mass is 16.5. The van der Waals surface area contributed by atoms with Crippen LogP contribution in [0.15, 0.2) is 60.8 Å². The molecule has 63 heavy (non-hydrogen) atoms. The molecule has 0 aromatic rings. The van der Waals surface area contributed by atoms with E-state index in [1.54, 1.807) is 0 Å². The van der Waals surface area contributed by atoms with Crippen molar-refractivity contribution in [2.45, 2.75) is 283 Å². The number of carbonyl (C=O) groups excluding carboxylic acids is 2. The molecule has 0 aliphatic carbocycles. The maximum atomic E-state index is 13.2. The summed E-state index contributed by atoms with van der Waals surface area (Å²) in [6, 6.07) is -0.721. The lowest BCUT2D eigenvalue weighted by Crippen LogP contribution is -2.46. The molecular formula is C57H103NO5. The van der Waals surface area contributed by atoms with E-state index in [2.05, 4.69) is 80.8 Å². The number of carbonyl (C=O) groups is 2. The normalized spacial score (nSPS) is 13.7. The average Bonchev–Trinajstić information content (AvgIpc) is 3.28. The van der Waals surface area contributed by atoms with Crippen LogP contribution in [-0.4, -0.2) is 46.9 Å². The van der Waals surface area contributed by atoms with Crippen LogP contribution < -0.4 is 5.32 Å². The zero-order chi connectivity index (χ0) is 45.9. The molecule has 0 aromatic heterocycles. The molecule has 0 aliphatic rings. The van der Waals surface area contributed by atoms with Gasteiger partial charge in [-0.25, -0.2) is 0 Å². The van der Waals surface area contributed by atoms with Gasteiger partial charge in [-0.2, -0.15) is 0 Å². The summed E-state index contributed by atoms with van der Waals surface area (Å²) in [4.78, 5) is 26.1. The molecule has 0 aromatic carbocycles. The first kappa shape index (κ1) is 60.6. The van der Waals surface area contributed by atoms with E-state index < -0.39 is 18.2 Å². The molecule has 366 valence electrons. The van der Waals surface area contributed by atoms with Gasteiger partial charge < -0.3 is 20.3 Å². The van der Waals surface area contributed by atoms with Gasteiger partial charge in [0.05, 0.1) is 25.2 Å². The third-order valence-corrected chi connectivity index (χ3v) is 12.1. The van der Waals surface area contributed by atoms with E-state index in [1.807, 2.05) is 6.08 Å². The van der Waals surface area contributed by atoms with Crippen LogP contribution in [0.25, 0.3) is 0 Å². The van der Waals surface area contributed by atoms with Gasteiger partial charge in [0.15, 0.2) is 0 Å². The molecule has 0 radical (unpaired) electrons. The van der Waals surface area contributed by atoms with Gasteiger partial charge >= 0.3 is 5.97 Å². The van der Waals surface area contributed by atoms with E-state index in [-0.39, 0.29) is 31.3 Å². The Bertz CT molecular complexity index is 1130. The van der Waals surface area contributed by atoms with Gasteiger partial charge in [0.1, 0.15) is 6.10 Å². The Labute approximate surface area is 390 Å².